The van der Waals surface area contributed by atoms with Gasteiger partial charge in [0.1, 0.15) is 6.29 Å². The van der Waals surface area contributed by atoms with Gasteiger partial charge in [0.2, 0.25) is 0 Å². The van der Waals surface area contributed by atoms with E-state index < -0.39 is 0 Å². The summed E-state index contributed by atoms with van der Waals surface area (Å²) in [6.07, 6.45) is 12.2. The van der Waals surface area contributed by atoms with Crippen molar-refractivity contribution in [1.29, 1.82) is 0 Å². The van der Waals surface area contributed by atoms with E-state index in [0.717, 1.165) is 25.5 Å². The molecule has 0 spiro atoms. The summed E-state index contributed by atoms with van der Waals surface area (Å²) in [6, 6.07) is 0. The summed E-state index contributed by atoms with van der Waals surface area (Å²) in [7, 11) is 0. The molecule has 0 bridgehead atoms. The molecule has 84 valence electrons. The van der Waals surface area contributed by atoms with Gasteiger partial charge in [-0.2, -0.15) is 0 Å². The van der Waals surface area contributed by atoms with Gasteiger partial charge in [-0.15, -0.1) is 0 Å². The first-order chi connectivity index (χ1) is 7.06. The quantitative estimate of drug-likeness (QED) is 0.503. The molecule has 0 fully saturated rings. The molecule has 2 unspecified atom stereocenters. The van der Waals surface area contributed by atoms with Gasteiger partial charge in [0.15, 0.2) is 0 Å². The first-order valence-electron chi connectivity index (χ1n) is 5.85. The van der Waals surface area contributed by atoms with Crippen LogP contribution in [0.5, 0.6) is 0 Å². The normalized spacial score (nSPS) is 29.9. The maximum atomic E-state index is 10.8. The Morgan fingerprint density at radius 2 is 2.27 bits per heavy atom. The van der Waals surface area contributed by atoms with Crippen LogP contribution in [0.15, 0.2) is 23.8 Å². The van der Waals surface area contributed by atoms with Gasteiger partial charge >= 0.3 is 0 Å². The van der Waals surface area contributed by atoms with E-state index in [9.17, 15) is 4.79 Å². The van der Waals surface area contributed by atoms with Gasteiger partial charge in [-0.05, 0) is 52.4 Å². The lowest BCUT2D eigenvalue weighted by molar-refractivity contribution is -0.114. The average molecular weight is 206 g/mol. The van der Waals surface area contributed by atoms with Gasteiger partial charge in [-0.3, -0.25) is 0 Å². The maximum Gasteiger partial charge on any atom is 0.129 e. The molecule has 2 atom stereocenters. The second-order valence-electron chi connectivity index (χ2n) is 5.14. The van der Waals surface area contributed by atoms with Crippen molar-refractivity contribution in [1.82, 2.24) is 0 Å². The topological polar surface area (TPSA) is 17.1 Å². The minimum Gasteiger partial charge on any atom is -0.302 e. The van der Waals surface area contributed by atoms with Crippen molar-refractivity contribution in [3.05, 3.63) is 23.8 Å². The lowest BCUT2D eigenvalue weighted by atomic mass is 9.77. The largest absolute Gasteiger partial charge is 0.302 e. The van der Waals surface area contributed by atoms with E-state index in [2.05, 4.69) is 32.1 Å². The van der Waals surface area contributed by atoms with Crippen LogP contribution in [0.3, 0.4) is 0 Å². The molecule has 1 rings (SSSR count). The van der Waals surface area contributed by atoms with Crippen LogP contribution in [-0.2, 0) is 4.79 Å². The first-order valence-corrected chi connectivity index (χ1v) is 5.85. The Labute approximate surface area is 93.3 Å². The minimum atomic E-state index is -0.187. The molecular formula is C14H22O. The molecule has 0 amide bonds. The summed E-state index contributed by atoms with van der Waals surface area (Å²) in [4.78, 5) is 10.8. The molecule has 0 N–H and O–H groups in total. The molecule has 0 saturated carbocycles. The number of hydrogen-bond donors (Lipinski definition) is 0. The highest BCUT2D eigenvalue weighted by atomic mass is 16.1. The zero-order valence-electron chi connectivity index (χ0n) is 10.1. The lowest BCUT2D eigenvalue weighted by Crippen LogP contribution is -2.20. The van der Waals surface area contributed by atoms with Crippen molar-refractivity contribution in [3.63, 3.8) is 0 Å². The predicted octanol–water partition coefficient (Wildman–Crippen LogP) is 3.90. The third kappa shape index (κ3) is 4.03. The van der Waals surface area contributed by atoms with Gasteiger partial charge in [0.05, 0.1) is 0 Å². The Bertz CT molecular complexity index is 271. The van der Waals surface area contributed by atoms with Crippen LogP contribution in [-0.4, -0.2) is 6.29 Å². The predicted molar refractivity (Wildman–Crippen MR) is 64.7 cm³/mol. The third-order valence-corrected chi connectivity index (χ3v) is 3.16. The molecule has 0 aliphatic heterocycles. The molecular weight excluding hydrogens is 184 g/mol. The Balaban J connectivity index is 2.39. The standard InChI is InChI=1S/C14H22O/c1-12(2)5-4-6-13-7-9-14(3,11-15)10-8-13/h5,7,9,11,13H,4,6,8,10H2,1-3H3. The first kappa shape index (κ1) is 12.2. The van der Waals surface area contributed by atoms with Crippen LogP contribution in [0.4, 0.5) is 0 Å². The average Bonchev–Trinajstić information content (AvgIpc) is 2.21. The molecule has 0 aromatic heterocycles. The SMILES string of the molecule is CC(C)=CCCC1C=CC(C)(C=O)CC1. The van der Waals surface area contributed by atoms with E-state index in [-0.39, 0.29) is 5.41 Å². The van der Waals surface area contributed by atoms with Crippen LogP contribution in [0, 0.1) is 11.3 Å². The Morgan fingerprint density at radius 3 is 2.73 bits per heavy atom. The number of aldehydes is 1. The van der Waals surface area contributed by atoms with Crippen molar-refractivity contribution in [2.45, 2.75) is 46.5 Å². The van der Waals surface area contributed by atoms with Crippen molar-refractivity contribution < 1.29 is 4.79 Å². The highest BCUT2D eigenvalue weighted by Gasteiger charge is 2.25. The van der Waals surface area contributed by atoms with E-state index in [4.69, 9.17) is 0 Å². The number of allylic oxidation sites excluding steroid dienone is 4. The molecule has 1 aliphatic carbocycles. The molecule has 0 radical (unpaired) electrons. The summed E-state index contributed by atoms with van der Waals surface area (Å²) in [5.41, 5.74) is 1.21. The molecule has 1 aliphatic rings. The summed E-state index contributed by atoms with van der Waals surface area (Å²) >= 11 is 0. The number of hydrogen-bond acceptors (Lipinski definition) is 1. The van der Waals surface area contributed by atoms with Gasteiger partial charge in [0.25, 0.3) is 0 Å². The third-order valence-electron chi connectivity index (χ3n) is 3.16. The van der Waals surface area contributed by atoms with Gasteiger partial charge in [0, 0.05) is 5.41 Å². The zero-order chi connectivity index (χ0) is 11.3. The van der Waals surface area contributed by atoms with E-state index >= 15 is 0 Å². The summed E-state index contributed by atoms with van der Waals surface area (Å²) < 4.78 is 0. The second kappa shape index (κ2) is 5.29. The second-order valence-corrected chi connectivity index (χ2v) is 5.14. The Morgan fingerprint density at radius 1 is 1.53 bits per heavy atom. The minimum absolute atomic E-state index is 0.187. The van der Waals surface area contributed by atoms with Gasteiger partial charge < -0.3 is 4.79 Å². The molecule has 0 aromatic carbocycles. The Hall–Kier alpha value is -0.850. The maximum absolute atomic E-state index is 10.8. The van der Waals surface area contributed by atoms with Crippen molar-refractivity contribution in [2.75, 3.05) is 0 Å². The van der Waals surface area contributed by atoms with Crippen LogP contribution in [0.2, 0.25) is 0 Å². The molecule has 0 saturated heterocycles. The van der Waals surface area contributed by atoms with Crippen LogP contribution in [0.1, 0.15) is 46.5 Å². The lowest BCUT2D eigenvalue weighted by Gasteiger charge is -2.26. The fraction of sp³-hybridized carbons (Fsp3) is 0.643. The van der Waals surface area contributed by atoms with Crippen molar-refractivity contribution >= 4 is 6.29 Å². The fourth-order valence-corrected chi connectivity index (χ4v) is 1.96. The van der Waals surface area contributed by atoms with Gasteiger partial charge in [-0.1, -0.05) is 23.8 Å². The van der Waals surface area contributed by atoms with Crippen LogP contribution >= 0.6 is 0 Å². The molecule has 1 nitrogen and oxygen atoms in total. The van der Waals surface area contributed by atoms with E-state index in [1.165, 1.54) is 12.0 Å². The highest BCUT2D eigenvalue weighted by Crippen LogP contribution is 2.32. The summed E-state index contributed by atoms with van der Waals surface area (Å²) in [6.45, 7) is 6.29. The van der Waals surface area contributed by atoms with E-state index in [1.807, 2.05) is 6.92 Å². The van der Waals surface area contributed by atoms with E-state index in [1.54, 1.807) is 0 Å². The number of carbonyl (C=O) groups excluding carboxylic acids is 1. The molecule has 0 aromatic rings. The number of rotatable bonds is 4. The zero-order valence-corrected chi connectivity index (χ0v) is 10.1. The van der Waals surface area contributed by atoms with Gasteiger partial charge in [-0.25, -0.2) is 0 Å². The molecule has 0 heterocycles. The van der Waals surface area contributed by atoms with Crippen molar-refractivity contribution in [3.8, 4) is 0 Å². The monoisotopic (exact) mass is 206 g/mol. The van der Waals surface area contributed by atoms with Crippen LogP contribution in [0.25, 0.3) is 0 Å². The molecule has 1 heteroatoms. The summed E-state index contributed by atoms with van der Waals surface area (Å²) in [5, 5.41) is 0. The Kier molecular flexibility index (Phi) is 4.31. The van der Waals surface area contributed by atoms with Crippen molar-refractivity contribution in [2.24, 2.45) is 11.3 Å². The highest BCUT2D eigenvalue weighted by molar-refractivity contribution is 5.62. The smallest absolute Gasteiger partial charge is 0.129 e. The van der Waals surface area contributed by atoms with E-state index in [0.29, 0.717) is 5.92 Å². The van der Waals surface area contributed by atoms with Crippen LogP contribution < -0.4 is 0 Å². The summed E-state index contributed by atoms with van der Waals surface area (Å²) in [5.74, 6) is 0.675. The fourth-order valence-electron chi connectivity index (χ4n) is 1.96. The number of carbonyl (C=O) groups is 1. The molecule has 15 heavy (non-hydrogen) atoms.